The molecular formula is C12H17N3O. The van der Waals surface area contributed by atoms with Gasteiger partial charge >= 0.3 is 0 Å². The van der Waals surface area contributed by atoms with Gasteiger partial charge in [-0.05, 0) is 31.0 Å². The van der Waals surface area contributed by atoms with Gasteiger partial charge in [0.2, 0.25) is 0 Å². The Morgan fingerprint density at radius 3 is 3.06 bits per heavy atom. The maximum absolute atomic E-state index is 5.84. The quantitative estimate of drug-likeness (QED) is 0.848. The highest BCUT2D eigenvalue weighted by Crippen LogP contribution is 2.20. The number of nitrogens with two attached hydrogens (primary N) is 1. The lowest BCUT2D eigenvalue weighted by atomic mass is 10.1. The molecule has 0 aromatic carbocycles. The van der Waals surface area contributed by atoms with Crippen molar-refractivity contribution in [1.82, 2.24) is 9.55 Å². The van der Waals surface area contributed by atoms with Crippen LogP contribution in [0.15, 0.2) is 24.5 Å². The lowest BCUT2D eigenvalue weighted by Crippen LogP contribution is -2.17. The van der Waals surface area contributed by atoms with Crippen LogP contribution in [0.1, 0.15) is 12.5 Å². The minimum atomic E-state index is 0.154. The summed E-state index contributed by atoms with van der Waals surface area (Å²) in [6.45, 7) is 2.53. The van der Waals surface area contributed by atoms with Crippen LogP contribution in [0.3, 0.4) is 0 Å². The molecule has 0 aliphatic heterocycles. The van der Waals surface area contributed by atoms with E-state index in [2.05, 4.69) is 17.2 Å². The molecule has 0 amide bonds. The summed E-state index contributed by atoms with van der Waals surface area (Å²) in [5.74, 6) is 0. The van der Waals surface area contributed by atoms with E-state index >= 15 is 0 Å². The second kappa shape index (κ2) is 4.63. The first-order chi connectivity index (χ1) is 7.72. The molecule has 2 heterocycles. The van der Waals surface area contributed by atoms with Gasteiger partial charge in [-0.2, -0.15) is 0 Å². The van der Waals surface area contributed by atoms with Gasteiger partial charge in [-0.1, -0.05) is 0 Å². The SMILES string of the molecule is COCn1cc(CC(C)N)c2cccnc21. The molecule has 86 valence electrons. The average Bonchev–Trinajstić information content (AvgIpc) is 2.58. The Labute approximate surface area is 95.0 Å². The van der Waals surface area contributed by atoms with E-state index < -0.39 is 0 Å². The van der Waals surface area contributed by atoms with Gasteiger partial charge in [0.05, 0.1) is 0 Å². The summed E-state index contributed by atoms with van der Waals surface area (Å²) in [6.07, 6.45) is 4.73. The minimum absolute atomic E-state index is 0.154. The first-order valence-corrected chi connectivity index (χ1v) is 5.39. The average molecular weight is 219 g/mol. The van der Waals surface area contributed by atoms with Crippen LogP contribution < -0.4 is 5.73 Å². The number of pyridine rings is 1. The van der Waals surface area contributed by atoms with Gasteiger partial charge in [-0.15, -0.1) is 0 Å². The predicted octanol–water partition coefficient (Wildman–Crippen LogP) is 1.53. The van der Waals surface area contributed by atoms with Gasteiger partial charge in [-0.3, -0.25) is 0 Å². The molecule has 4 heteroatoms. The van der Waals surface area contributed by atoms with Crippen LogP contribution in [0.2, 0.25) is 0 Å². The van der Waals surface area contributed by atoms with Crippen molar-refractivity contribution < 1.29 is 4.74 Å². The van der Waals surface area contributed by atoms with E-state index in [1.807, 2.05) is 17.6 Å². The largest absolute Gasteiger partial charge is 0.364 e. The maximum Gasteiger partial charge on any atom is 0.142 e. The molecule has 1 unspecified atom stereocenters. The standard InChI is InChI=1S/C12H17N3O/c1-9(13)6-10-7-15(8-16-2)12-11(10)4-3-5-14-12/h3-5,7,9H,6,8,13H2,1-2H3. The second-order valence-electron chi connectivity index (χ2n) is 4.10. The highest BCUT2D eigenvalue weighted by atomic mass is 16.5. The lowest BCUT2D eigenvalue weighted by Gasteiger charge is -2.02. The zero-order chi connectivity index (χ0) is 11.5. The summed E-state index contributed by atoms with van der Waals surface area (Å²) in [6, 6.07) is 4.18. The topological polar surface area (TPSA) is 53.1 Å². The zero-order valence-corrected chi connectivity index (χ0v) is 9.68. The Balaban J connectivity index is 2.48. The fourth-order valence-electron chi connectivity index (χ4n) is 1.94. The third-order valence-electron chi connectivity index (χ3n) is 2.53. The summed E-state index contributed by atoms with van der Waals surface area (Å²) in [5, 5.41) is 1.16. The third kappa shape index (κ3) is 2.08. The second-order valence-corrected chi connectivity index (χ2v) is 4.10. The molecular weight excluding hydrogens is 202 g/mol. The van der Waals surface area contributed by atoms with E-state index in [-0.39, 0.29) is 6.04 Å². The molecule has 0 saturated carbocycles. The Bertz CT molecular complexity index is 476. The molecule has 4 nitrogen and oxygen atoms in total. The van der Waals surface area contributed by atoms with Gasteiger partial charge in [0.25, 0.3) is 0 Å². The molecule has 0 aliphatic rings. The molecule has 0 saturated heterocycles. The fraction of sp³-hybridized carbons (Fsp3) is 0.417. The molecule has 0 fully saturated rings. The molecule has 2 aromatic heterocycles. The molecule has 0 aliphatic carbocycles. The van der Waals surface area contributed by atoms with Crippen LogP contribution in [-0.2, 0) is 17.9 Å². The highest BCUT2D eigenvalue weighted by molar-refractivity contribution is 5.80. The monoisotopic (exact) mass is 219 g/mol. The van der Waals surface area contributed by atoms with E-state index in [4.69, 9.17) is 10.5 Å². The van der Waals surface area contributed by atoms with Crippen LogP contribution >= 0.6 is 0 Å². The summed E-state index contributed by atoms with van der Waals surface area (Å²) in [5.41, 5.74) is 8.03. The number of aromatic nitrogens is 2. The van der Waals surface area contributed by atoms with Crippen molar-refractivity contribution in [2.24, 2.45) is 5.73 Å². The first kappa shape index (κ1) is 11.1. The van der Waals surface area contributed by atoms with E-state index in [1.54, 1.807) is 13.3 Å². The first-order valence-electron chi connectivity index (χ1n) is 5.39. The molecule has 2 aromatic rings. The summed E-state index contributed by atoms with van der Waals surface area (Å²) in [7, 11) is 1.68. The van der Waals surface area contributed by atoms with E-state index in [9.17, 15) is 0 Å². The number of rotatable bonds is 4. The van der Waals surface area contributed by atoms with E-state index in [1.165, 1.54) is 5.56 Å². The number of ether oxygens (including phenoxy) is 1. The van der Waals surface area contributed by atoms with E-state index in [0.717, 1.165) is 17.5 Å². The van der Waals surface area contributed by atoms with Crippen LogP contribution in [-0.4, -0.2) is 22.7 Å². The Morgan fingerprint density at radius 1 is 1.56 bits per heavy atom. The number of methoxy groups -OCH3 is 1. The molecule has 2 N–H and O–H groups in total. The van der Waals surface area contributed by atoms with Gasteiger partial charge in [0.1, 0.15) is 12.4 Å². The van der Waals surface area contributed by atoms with Crippen molar-refractivity contribution >= 4 is 11.0 Å². The normalized spacial score (nSPS) is 13.2. The summed E-state index contributed by atoms with van der Waals surface area (Å²) in [4.78, 5) is 4.37. The number of hydrogen-bond acceptors (Lipinski definition) is 3. The molecule has 0 radical (unpaired) electrons. The zero-order valence-electron chi connectivity index (χ0n) is 9.68. The molecule has 0 bridgehead atoms. The number of fused-ring (bicyclic) bond motifs is 1. The van der Waals surface area contributed by atoms with Crippen molar-refractivity contribution in [3.8, 4) is 0 Å². The van der Waals surface area contributed by atoms with Crippen LogP contribution in [0.25, 0.3) is 11.0 Å². The van der Waals surface area contributed by atoms with Crippen molar-refractivity contribution in [3.63, 3.8) is 0 Å². The van der Waals surface area contributed by atoms with Crippen LogP contribution in [0, 0.1) is 0 Å². The third-order valence-corrected chi connectivity index (χ3v) is 2.53. The van der Waals surface area contributed by atoms with Crippen LogP contribution in [0.4, 0.5) is 0 Å². The molecule has 1 atom stereocenters. The number of hydrogen-bond donors (Lipinski definition) is 1. The van der Waals surface area contributed by atoms with Crippen molar-refractivity contribution in [3.05, 3.63) is 30.1 Å². The maximum atomic E-state index is 5.84. The van der Waals surface area contributed by atoms with E-state index in [0.29, 0.717) is 6.73 Å². The van der Waals surface area contributed by atoms with Gasteiger partial charge in [-0.25, -0.2) is 4.98 Å². The fourth-order valence-corrected chi connectivity index (χ4v) is 1.94. The minimum Gasteiger partial charge on any atom is -0.364 e. The van der Waals surface area contributed by atoms with Crippen molar-refractivity contribution in [2.45, 2.75) is 26.1 Å². The lowest BCUT2D eigenvalue weighted by molar-refractivity contribution is 0.134. The molecule has 0 spiro atoms. The van der Waals surface area contributed by atoms with Gasteiger partial charge in [0, 0.05) is 30.9 Å². The Kier molecular flexibility index (Phi) is 3.22. The summed E-state index contributed by atoms with van der Waals surface area (Å²) >= 11 is 0. The Hall–Kier alpha value is -1.39. The smallest absolute Gasteiger partial charge is 0.142 e. The summed E-state index contributed by atoms with van der Waals surface area (Å²) < 4.78 is 7.15. The molecule has 2 rings (SSSR count). The number of nitrogens with zero attached hydrogens (tertiary/aromatic N) is 2. The van der Waals surface area contributed by atoms with Gasteiger partial charge in [0.15, 0.2) is 0 Å². The molecule has 16 heavy (non-hydrogen) atoms. The van der Waals surface area contributed by atoms with Crippen molar-refractivity contribution in [2.75, 3.05) is 7.11 Å². The van der Waals surface area contributed by atoms with Crippen LogP contribution in [0.5, 0.6) is 0 Å². The highest BCUT2D eigenvalue weighted by Gasteiger charge is 2.09. The Morgan fingerprint density at radius 2 is 2.38 bits per heavy atom. The predicted molar refractivity (Wildman–Crippen MR) is 64.1 cm³/mol. The van der Waals surface area contributed by atoms with Crippen molar-refractivity contribution in [1.29, 1.82) is 0 Å². The van der Waals surface area contributed by atoms with Gasteiger partial charge < -0.3 is 15.0 Å².